The summed E-state index contributed by atoms with van der Waals surface area (Å²) in [7, 11) is 4.68. The first kappa shape index (κ1) is 23.5. The molecule has 0 unspecified atom stereocenters. The molecule has 0 spiro atoms. The topological polar surface area (TPSA) is 77.1 Å². The van der Waals surface area contributed by atoms with E-state index in [9.17, 15) is 9.59 Å². The van der Waals surface area contributed by atoms with E-state index < -0.39 is 0 Å². The Bertz CT molecular complexity index is 1160. The van der Waals surface area contributed by atoms with E-state index >= 15 is 0 Å². The molecule has 0 saturated carbocycles. The standard InChI is InChI=1S/C26H26N2O5S/c1-31-20-13-17(14-21(32-2)26(20)33-3)23-15-25(30)28(19-11-7-8-12-22(19)34-23)16-24(29)27-18-9-5-4-6-10-18/h4-14,23H,15-16H2,1-3H3,(H,27,29)/t23-/m1/s1. The molecule has 34 heavy (non-hydrogen) atoms. The van der Waals surface area contributed by atoms with Gasteiger partial charge in [-0.15, -0.1) is 11.8 Å². The molecule has 0 aliphatic carbocycles. The fourth-order valence-electron chi connectivity index (χ4n) is 3.89. The van der Waals surface area contributed by atoms with E-state index in [1.165, 1.54) is 0 Å². The summed E-state index contributed by atoms with van der Waals surface area (Å²) in [6.07, 6.45) is 0.205. The summed E-state index contributed by atoms with van der Waals surface area (Å²) in [5, 5.41) is 2.66. The predicted octanol–water partition coefficient (Wildman–Crippen LogP) is 4.92. The number of nitrogens with zero attached hydrogens (tertiary/aromatic N) is 1. The molecule has 1 N–H and O–H groups in total. The number of thioether (sulfide) groups is 1. The van der Waals surface area contributed by atoms with E-state index in [1.807, 2.05) is 66.7 Å². The highest BCUT2D eigenvalue weighted by molar-refractivity contribution is 7.99. The van der Waals surface area contributed by atoms with Crippen LogP contribution in [0.2, 0.25) is 0 Å². The van der Waals surface area contributed by atoms with Crippen molar-refractivity contribution < 1.29 is 23.8 Å². The van der Waals surface area contributed by atoms with Crippen LogP contribution in [-0.2, 0) is 9.59 Å². The smallest absolute Gasteiger partial charge is 0.244 e. The highest BCUT2D eigenvalue weighted by atomic mass is 32.2. The van der Waals surface area contributed by atoms with Crippen LogP contribution in [-0.4, -0.2) is 39.7 Å². The first-order valence-electron chi connectivity index (χ1n) is 10.7. The molecule has 3 aromatic rings. The number of fused-ring (bicyclic) bond motifs is 1. The Labute approximate surface area is 203 Å². The first-order valence-corrected chi connectivity index (χ1v) is 11.6. The van der Waals surface area contributed by atoms with Gasteiger partial charge in [0.2, 0.25) is 17.6 Å². The molecule has 0 saturated heterocycles. The lowest BCUT2D eigenvalue weighted by atomic mass is 10.1. The van der Waals surface area contributed by atoms with Gasteiger partial charge in [0.1, 0.15) is 6.54 Å². The van der Waals surface area contributed by atoms with Crippen molar-refractivity contribution in [3.63, 3.8) is 0 Å². The molecular weight excluding hydrogens is 452 g/mol. The number of amides is 2. The number of nitrogens with one attached hydrogen (secondary N) is 1. The normalized spacial score (nSPS) is 15.2. The maximum Gasteiger partial charge on any atom is 0.244 e. The molecule has 176 valence electrons. The maximum absolute atomic E-state index is 13.4. The van der Waals surface area contributed by atoms with Gasteiger partial charge < -0.3 is 24.4 Å². The molecule has 0 bridgehead atoms. The minimum atomic E-state index is -0.259. The van der Waals surface area contributed by atoms with Gasteiger partial charge in [-0.3, -0.25) is 9.59 Å². The Morgan fingerprint density at radius 1 is 0.971 bits per heavy atom. The van der Waals surface area contributed by atoms with Crippen molar-refractivity contribution >= 4 is 35.0 Å². The highest BCUT2D eigenvalue weighted by Gasteiger charge is 2.31. The lowest BCUT2D eigenvalue weighted by molar-refractivity contribution is -0.121. The van der Waals surface area contributed by atoms with Crippen LogP contribution in [0.15, 0.2) is 71.6 Å². The molecule has 0 aromatic heterocycles. The summed E-state index contributed by atoms with van der Waals surface area (Å²) in [6.45, 7) is -0.0761. The van der Waals surface area contributed by atoms with Crippen molar-refractivity contribution in [2.24, 2.45) is 0 Å². The second-order valence-electron chi connectivity index (χ2n) is 7.63. The molecule has 0 radical (unpaired) electrons. The van der Waals surface area contributed by atoms with E-state index in [-0.39, 0.29) is 30.0 Å². The van der Waals surface area contributed by atoms with Crippen LogP contribution >= 0.6 is 11.8 Å². The molecule has 2 amide bonds. The molecule has 1 heterocycles. The minimum absolute atomic E-state index is 0.0761. The van der Waals surface area contributed by atoms with Gasteiger partial charge in [-0.2, -0.15) is 0 Å². The molecule has 8 heteroatoms. The Balaban J connectivity index is 1.64. The molecule has 1 atom stereocenters. The molecular formula is C26H26N2O5S. The molecule has 1 aliphatic rings. The van der Waals surface area contributed by atoms with Crippen LogP contribution in [0.25, 0.3) is 0 Å². The number of methoxy groups -OCH3 is 3. The van der Waals surface area contributed by atoms with Crippen molar-refractivity contribution in [1.82, 2.24) is 0 Å². The van der Waals surface area contributed by atoms with Crippen LogP contribution in [0.1, 0.15) is 17.2 Å². The number of benzene rings is 3. The zero-order chi connectivity index (χ0) is 24.1. The van der Waals surface area contributed by atoms with E-state index in [1.54, 1.807) is 38.0 Å². The number of hydrogen-bond donors (Lipinski definition) is 1. The van der Waals surface area contributed by atoms with Gasteiger partial charge >= 0.3 is 0 Å². The number of carbonyl (C=O) groups is 2. The molecule has 7 nitrogen and oxygen atoms in total. The lowest BCUT2D eigenvalue weighted by Gasteiger charge is -2.22. The van der Waals surface area contributed by atoms with Crippen LogP contribution < -0.4 is 24.4 Å². The predicted molar refractivity (Wildman–Crippen MR) is 133 cm³/mol. The molecule has 0 fully saturated rings. The zero-order valence-electron chi connectivity index (χ0n) is 19.2. The maximum atomic E-state index is 13.4. The summed E-state index contributed by atoms with van der Waals surface area (Å²) in [6, 6.07) is 20.6. The number of hydrogen-bond acceptors (Lipinski definition) is 6. The third kappa shape index (κ3) is 4.97. The van der Waals surface area contributed by atoms with E-state index in [4.69, 9.17) is 14.2 Å². The van der Waals surface area contributed by atoms with Gasteiger partial charge in [0.05, 0.1) is 27.0 Å². The average Bonchev–Trinajstić information content (AvgIpc) is 3.00. The van der Waals surface area contributed by atoms with Gasteiger partial charge in [0.25, 0.3) is 0 Å². The van der Waals surface area contributed by atoms with Crippen LogP contribution in [0.5, 0.6) is 17.2 Å². The van der Waals surface area contributed by atoms with E-state index in [2.05, 4.69) is 5.32 Å². The van der Waals surface area contributed by atoms with Crippen LogP contribution in [0.3, 0.4) is 0 Å². The SMILES string of the molecule is COc1cc([C@H]2CC(=O)N(CC(=O)Nc3ccccc3)c3ccccc3S2)cc(OC)c1OC. The number of carbonyl (C=O) groups excluding carboxylic acids is 2. The van der Waals surface area contributed by atoms with E-state index in [0.717, 1.165) is 16.1 Å². The monoisotopic (exact) mass is 478 g/mol. The third-order valence-corrected chi connectivity index (χ3v) is 6.83. The molecule has 3 aromatic carbocycles. The zero-order valence-corrected chi connectivity index (χ0v) is 20.1. The Kier molecular flexibility index (Phi) is 7.27. The number of anilines is 2. The van der Waals surface area contributed by atoms with Crippen LogP contribution in [0, 0.1) is 0 Å². The summed E-state index contributed by atoms with van der Waals surface area (Å²) in [5.41, 5.74) is 2.28. The molecule has 4 rings (SSSR count). The van der Waals surface area contributed by atoms with Gasteiger partial charge in [0, 0.05) is 22.3 Å². The van der Waals surface area contributed by atoms with Gasteiger partial charge in [0.15, 0.2) is 11.5 Å². The second-order valence-corrected chi connectivity index (χ2v) is 8.88. The largest absolute Gasteiger partial charge is 0.493 e. The van der Waals surface area contributed by atoms with Gasteiger partial charge in [-0.25, -0.2) is 0 Å². The van der Waals surface area contributed by atoms with Crippen molar-refractivity contribution in [2.75, 3.05) is 38.1 Å². The van der Waals surface area contributed by atoms with Crippen molar-refractivity contribution in [1.29, 1.82) is 0 Å². The Hall–Kier alpha value is -3.65. The fraction of sp³-hybridized carbons (Fsp3) is 0.231. The summed E-state index contributed by atoms with van der Waals surface area (Å²) < 4.78 is 16.4. The van der Waals surface area contributed by atoms with Crippen molar-refractivity contribution in [2.45, 2.75) is 16.6 Å². The van der Waals surface area contributed by atoms with Gasteiger partial charge in [-0.1, -0.05) is 30.3 Å². The first-order chi connectivity index (χ1) is 16.5. The summed E-state index contributed by atoms with van der Waals surface area (Å²) >= 11 is 1.58. The lowest BCUT2D eigenvalue weighted by Crippen LogP contribution is -2.38. The van der Waals surface area contributed by atoms with Crippen LogP contribution in [0.4, 0.5) is 11.4 Å². The number of ether oxygens (including phenoxy) is 3. The number of rotatable bonds is 7. The van der Waals surface area contributed by atoms with Crippen molar-refractivity contribution in [3.8, 4) is 17.2 Å². The van der Waals surface area contributed by atoms with Gasteiger partial charge in [-0.05, 0) is 42.0 Å². The second kappa shape index (κ2) is 10.5. The molecule has 1 aliphatic heterocycles. The average molecular weight is 479 g/mol. The summed E-state index contributed by atoms with van der Waals surface area (Å²) in [4.78, 5) is 28.7. The summed E-state index contributed by atoms with van der Waals surface area (Å²) in [5.74, 6) is 1.16. The fourth-order valence-corrected chi connectivity index (χ4v) is 5.15. The number of para-hydroxylation sites is 2. The minimum Gasteiger partial charge on any atom is -0.493 e. The Morgan fingerprint density at radius 2 is 1.62 bits per heavy atom. The van der Waals surface area contributed by atoms with Crippen molar-refractivity contribution in [3.05, 3.63) is 72.3 Å². The Morgan fingerprint density at radius 3 is 2.26 bits per heavy atom. The quantitative estimate of drug-likeness (QED) is 0.519. The van der Waals surface area contributed by atoms with E-state index in [0.29, 0.717) is 22.9 Å². The highest BCUT2D eigenvalue weighted by Crippen LogP contribution is 2.49. The third-order valence-electron chi connectivity index (χ3n) is 5.50.